The van der Waals surface area contributed by atoms with Crippen LogP contribution in [0.3, 0.4) is 0 Å². The Morgan fingerprint density at radius 2 is 1.64 bits per heavy atom. The van der Waals surface area contributed by atoms with Crippen LogP contribution >= 0.6 is 0 Å². The summed E-state index contributed by atoms with van der Waals surface area (Å²) in [6.45, 7) is 10.6. The van der Waals surface area contributed by atoms with Crippen molar-refractivity contribution in [2.45, 2.75) is 53.2 Å². The van der Waals surface area contributed by atoms with Gasteiger partial charge >= 0.3 is 6.09 Å². The van der Waals surface area contributed by atoms with Crippen LogP contribution < -0.4 is 0 Å². The molecule has 0 spiro atoms. The standard InChI is InChI=1S/C18H21NO2.C6H14O/c1-14-8-7-9-16(12-14)13-19(3)18(20)21-15(2)17-10-5-4-6-11-17;1-3-5-7-6-4-2/h4-12,15H,13H2,1-3H3;3-6H2,1-2H3. The van der Waals surface area contributed by atoms with Crippen molar-refractivity contribution in [2.24, 2.45) is 0 Å². The van der Waals surface area contributed by atoms with Crippen LogP contribution in [0.5, 0.6) is 0 Å². The fourth-order valence-electron chi connectivity index (χ4n) is 2.57. The number of carbonyl (C=O) groups excluding carboxylic acids is 1. The van der Waals surface area contributed by atoms with Gasteiger partial charge in [0.2, 0.25) is 0 Å². The zero-order valence-electron chi connectivity index (χ0n) is 18.0. The highest BCUT2D eigenvalue weighted by molar-refractivity contribution is 5.67. The molecule has 1 unspecified atom stereocenters. The van der Waals surface area contributed by atoms with Crippen LogP contribution in [0.1, 0.15) is 56.4 Å². The smallest absolute Gasteiger partial charge is 0.410 e. The lowest BCUT2D eigenvalue weighted by Gasteiger charge is -2.21. The molecule has 2 aromatic carbocycles. The summed E-state index contributed by atoms with van der Waals surface area (Å²) in [6, 6.07) is 17.9. The van der Waals surface area contributed by atoms with E-state index >= 15 is 0 Å². The molecule has 0 fully saturated rings. The minimum absolute atomic E-state index is 0.251. The molecule has 4 heteroatoms. The minimum Gasteiger partial charge on any atom is -0.442 e. The predicted octanol–water partition coefficient (Wildman–Crippen LogP) is 6.15. The number of amides is 1. The van der Waals surface area contributed by atoms with Crippen LogP contribution in [0.15, 0.2) is 54.6 Å². The molecule has 1 atom stereocenters. The maximum atomic E-state index is 12.1. The quantitative estimate of drug-likeness (QED) is 0.512. The number of hydrogen-bond acceptors (Lipinski definition) is 3. The topological polar surface area (TPSA) is 38.8 Å². The first-order valence-corrected chi connectivity index (χ1v) is 10.1. The Kier molecular flexibility index (Phi) is 11.7. The maximum Gasteiger partial charge on any atom is 0.410 e. The first-order chi connectivity index (χ1) is 13.5. The van der Waals surface area contributed by atoms with Gasteiger partial charge in [0.1, 0.15) is 6.10 Å². The van der Waals surface area contributed by atoms with E-state index in [9.17, 15) is 4.79 Å². The summed E-state index contributed by atoms with van der Waals surface area (Å²) in [5.41, 5.74) is 3.28. The van der Waals surface area contributed by atoms with Gasteiger partial charge in [-0.05, 0) is 37.8 Å². The third-order valence-corrected chi connectivity index (χ3v) is 4.06. The summed E-state index contributed by atoms with van der Waals surface area (Å²) in [5, 5.41) is 0. The fourth-order valence-corrected chi connectivity index (χ4v) is 2.57. The van der Waals surface area contributed by atoms with Crippen LogP contribution in [0.4, 0.5) is 4.79 Å². The van der Waals surface area contributed by atoms with E-state index < -0.39 is 0 Å². The van der Waals surface area contributed by atoms with Gasteiger partial charge in [0, 0.05) is 26.8 Å². The first kappa shape index (κ1) is 23.7. The van der Waals surface area contributed by atoms with Crippen LogP contribution in [0, 0.1) is 6.92 Å². The molecule has 154 valence electrons. The van der Waals surface area contributed by atoms with E-state index in [0.29, 0.717) is 6.54 Å². The molecule has 0 radical (unpaired) electrons. The van der Waals surface area contributed by atoms with E-state index in [1.54, 1.807) is 11.9 Å². The van der Waals surface area contributed by atoms with Gasteiger partial charge in [0.25, 0.3) is 0 Å². The number of benzene rings is 2. The van der Waals surface area contributed by atoms with Crippen LogP contribution in [0.2, 0.25) is 0 Å². The molecular weight excluding hydrogens is 350 g/mol. The minimum atomic E-state index is -0.312. The summed E-state index contributed by atoms with van der Waals surface area (Å²) >= 11 is 0. The summed E-state index contributed by atoms with van der Waals surface area (Å²) in [5.74, 6) is 0. The highest BCUT2D eigenvalue weighted by atomic mass is 16.6. The van der Waals surface area contributed by atoms with Gasteiger partial charge in [-0.2, -0.15) is 0 Å². The van der Waals surface area contributed by atoms with Crippen LogP contribution in [-0.4, -0.2) is 31.3 Å². The molecule has 0 aliphatic heterocycles. The summed E-state index contributed by atoms with van der Waals surface area (Å²) in [4.78, 5) is 13.7. The van der Waals surface area contributed by atoms with E-state index in [2.05, 4.69) is 19.9 Å². The molecule has 0 saturated carbocycles. The molecular formula is C24H35NO3. The van der Waals surface area contributed by atoms with Crippen LogP contribution in [0.25, 0.3) is 0 Å². The Bertz CT molecular complexity index is 669. The van der Waals surface area contributed by atoms with Gasteiger partial charge < -0.3 is 14.4 Å². The second-order valence-corrected chi connectivity index (χ2v) is 6.89. The Morgan fingerprint density at radius 3 is 2.21 bits per heavy atom. The Labute approximate surface area is 170 Å². The molecule has 0 N–H and O–H groups in total. The number of nitrogens with zero attached hydrogens (tertiary/aromatic N) is 1. The normalized spacial score (nSPS) is 11.2. The number of hydrogen-bond donors (Lipinski definition) is 0. The number of carbonyl (C=O) groups is 1. The van der Waals surface area contributed by atoms with Crippen molar-refractivity contribution in [3.05, 3.63) is 71.3 Å². The molecule has 1 amide bonds. The summed E-state index contributed by atoms with van der Waals surface area (Å²) < 4.78 is 10.6. The van der Waals surface area contributed by atoms with E-state index in [0.717, 1.165) is 37.2 Å². The summed E-state index contributed by atoms with van der Waals surface area (Å²) in [7, 11) is 1.75. The maximum absolute atomic E-state index is 12.1. The largest absolute Gasteiger partial charge is 0.442 e. The van der Waals surface area contributed by atoms with Crippen molar-refractivity contribution < 1.29 is 14.3 Å². The van der Waals surface area contributed by atoms with E-state index in [-0.39, 0.29) is 12.2 Å². The zero-order chi connectivity index (χ0) is 20.8. The number of rotatable bonds is 8. The Morgan fingerprint density at radius 1 is 1.00 bits per heavy atom. The van der Waals surface area contributed by atoms with Gasteiger partial charge in [0.05, 0.1) is 0 Å². The molecule has 0 heterocycles. The van der Waals surface area contributed by atoms with Crippen molar-refractivity contribution in [1.82, 2.24) is 4.90 Å². The molecule has 0 bridgehead atoms. The number of aryl methyl sites for hydroxylation is 1. The van der Waals surface area contributed by atoms with Crippen molar-refractivity contribution in [2.75, 3.05) is 20.3 Å². The predicted molar refractivity (Wildman–Crippen MR) is 115 cm³/mol. The Balaban J connectivity index is 0.000000480. The molecule has 28 heavy (non-hydrogen) atoms. The molecule has 2 aromatic rings. The van der Waals surface area contributed by atoms with E-state index in [4.69, 9.17) is 9.47 Å². The highest BCUT2D eigenvalue weighted by Crippen LogP contribution is 2.17. The molecule has 0 aliphatic carbocycles. The second kappa shape index (κ2) is 13.8. The lowest BCUT2D eigenvalue weighted by atomic mass is 10.1. The van der Waals surface area contributed by atoms with Crippen molar-refractivity contribution in [1.29, 1.82) is 0 Å². The second-order valence-electron chi connectivity index (χ2n) is 6.89. The Hall–Kier alpha value is -2.33. The molecule has 0 aliphatic rings. The SMILES string of the molecule is CCCOCCC.Cc1cccc(CN(C)C(=O)OC(C)c2ccccc2)c1. The third kappa shape index (κ3) is 9.56. The first-order valence-electron chi connectivity index (χ1n) is 10.1. The lowest BCUT2D eigenvalue weighted by molar-refractivity contribution is 0.0748. The van der Waals surface area contributed by atoms with E-state index in [1.807, 2.05) is 62.4 Å². The average molecular weight is 386 g/mol. The highest BCUT2D eigenvalue weighted by Gasteiger charge is 2.15. The third-order valence-electron chi connectivity index (χ3n) is 4.06. The molecule has 0 aromatic heterocycles. The zero-order valence-corrected chi connectivity index (χ0v) is 18.0. The fraction of sp³-hybridized carbons (Fsp3) is 0.458. The van der Waals surface area contributed by atoms with Gasteiger partial charge in [-0.3, -0.25) is 0 Å². The average Bonchev–Trinajstić information content (AvgIpc) is 2.69. The van der Waals surface area contributed by atoms with E-state index in [1.165, 1.54) is 5.56 Å². The summed E-state index contributed by atoms with van der Waals surface area (Å²) in [6.07, 6.45) is 1.71. The van der Waals surface area contributed by atoms with Crippen LogP contribution in [-0.2, 0) is 16.0 Å². The van der Waals surface area contributed by atoms with Crippen molar-refractivity contribution >= 4 is 6.09 Å². The molecule has 2 rings (SSSR count). The monoisotopic (exact) mass is 385 g/mol. The van der Waals surface area contributed by atoms with Gasteiger partial charge in [-0.1, -0.05) is 74.0 Å². The van der Waals surface area contributed by atoms with Crippen molar-refractivity contribution in [3.8, 4) is 0 Å². The molecule has 4 nitrogen and oxygen atoms in total. The number of ether oxygens (including phenoxy) is 2. The van der Waals surface area contributed by atoms with Crippen molar-refractivity contribution in [3.63, 3.8) is 0 Å². The molecule has 0 saturated heterocycles. The van der Waals surface area contributed by atoms with Gasteiger partial charge in [0.15, 0.2) is 0 Å². The lowest BCUT2D eigenvalue weighted by Crippen LogP contribution is -2.27. The van der Waals surface area contributed by atoms with Gasteiger partial charge in [-0.15, -0.1) is 0 Å². The van der Waals surface area contributed by atoms with Gasteiger partial charge in [-0.25, -0.2) is 4.79 Å².